The molecule has 0 bridgehead atoms. The van der Waals surface area contributed by atoms with Crippen molar-refractivity contribution in [1.29, 1.82) is 0 Å². The summed E-state index contributed by atoms with van der Waals surface area (Å²) < 4.78 is 10.1. The van der Waals surface area contributed by atoms with E-state index in [4.69, 9.17) is 15.3 Å². The molecule has 8 nitrogen and oxygen atoms in total. The molecule has 0 aliphatic carbocycles. The third kappa shape index (κ3) is 4.43. The number of nitrogens with zero attached hydrogens (tertiary/aromatic N) is 2. The summed E-state index contributed by atoms with van der Waals surface area (Å²) in [7, 11) is 3.10. The van der Waals surface area contributed by atoms with E-state index in [0.717, 1.165) is 16.9 Å². The molecular weight excluding hydrogens is 358 g/mol. The van der Waals surface area contributed by atoms with Gasteiger partial charge >= 0.3 is 0 Å². The number of amides is 1. The fraction of sp³-hybridized carbons (Fsp3) is 0.150. The van der Waals surface area contributed by atoms with Crippen LogP contribution in [-0.4, -0.2) is 30.1 Å². The van der Waals surface area contributed by atoms with E-state index < -0.39 is 0 Å². The van der Waals surface area contributed by atoms with Crippen LogP contribution in [0, 0.1) is 0 Å². The highest BCUT2D eigenvalue weighted by Crippen LogP contribution is 2.25. The van der Waals surface area contributed by atoms with Gasteiger partial charge in [-0.15, -0.1) is 0 Å². The summed E-state index contributed by atoms with van der Waals surface area (Å²) in [6.45, 7) is 0. The zero-order chi connectivity index (χ0) is 19.9. The van der Waals surface area contributed by atoms with Gasteiger partial charge in [-0.05, 0) is 35.4 Å². The number of aromatic nitrogens is 2. The number of anilines is 1. The predicted octanol–water partition coefficient (Wildman–Crippen LogP) is 2.30. The second kappa shape index (κ2) is 8.94. The number of benzene rings is 2. The Morgan fingerprint density at radius 3 is 2.39 bits per heavy atom. The molecule has 4 N–H and O–H groups in total. The largest absolute Gasteiger partial charge is 0.497 e. The summed E-state index contributed by atoms with van der Waals surface area (Å²) in [5, 5.41) is 2.81. The van der Waals surface area contributed by atoms with E-state index in [1.807, 2.05) is 42.5 Å². The summed E-state index contributed by atoms with van der Waals surface area (Å²) in [5.74, 6) is 6.52. The first-order valence-electron chi connectivity index (χ1n) is 8.52. The molecule has 2 aromatic carbocycles. The molecule has 1 heterocycles. The smallest absolute Gasteiger partial charge is 0.275 e. The van der Waals surface area contributed by atoms with Gasteiger partial charge in [0.1, 0.15) is 11.4 Å². The molecule has 0 radical (unpaired) electrons. The van der Waals surface area contributed by atoms with Gasteiger partial charge < -0.3 is 14.8 Å². The number of carbonyl (C=O) groups is 1. The molecule has 1 amide bonds. The zero-order valence-electron chi connectivity index (χ0n) is 15.5. The van der Waals surface area contributed by atoms with Gasteiger partial charge in [0.05, 0.1) is 32.7 Å². The van der Waals surface area contributed by atoms with Gasteiger partial charge in [0.2, 0.25) is 5.88 Å². The number of nitrogens with two attached hydrogens (primary N) is 1. The summed E-state index contributed by atoms with van der Waals surface area (Å²) in [4.78, 5) is 20.4. The molecule has 8 heteroatoms. The van der Waals surface area contributed by atoms with Gasteiger partial charge in [-0.2, -0.15) is 0 Å². The topological polar surface area (TPSA) is 111 Å². The van der Waals surface area contributed by atoms with Crippen molar-refractivity contribution >= 4 is 11.6 Å². The van der Waals surface area contributed by atoms with E-state index in [1.165, 1.54) is 19.5 Å². The van der Waals surface area contributed by atoms with Crippen molar-refractivity contribution in [1.82, 2.24) is 15.4 Å². The van der Waals surface area contributed by atoms with Gasteiger partial charge in [-0.3, -0.25) is 10.6 Å². The van der Waals surface area contributed by atoms with Crippen molar-refractivity contribution in [2.75, 3.05) is 19.5 Å². The number of rotatable bonds is 7. The summed E-state index contributed by atoms with van der Waals surface area (Å²) in [5.41, 5.74) is 5.48. The average Bonchev–Trinajstić information content (AvgIpc) is 2.75. The molecule has 0 aliphatic rings. The van der Waals surface area contributed by atoms with Crippen molar-refractivity contribution < 1.29 is 14.3 Å². The fourth-order valence-electron chi connectivity index (χ4n) is 2.71. The lowest BCUT2D eigenvalue weighted by atomic mass is 9.98. The van der Waals surface area contributed by atoms with Crippen LogP contribution in [0.15, 0.2) is 60.9 Å². The van der Waals surface area contributed by atoms with E-state index in [-0.39, 0.29) is 17.6 Å². The highest BCUT2D eigenvalue weighted by atomic mass is 16.5. The molecular formula is C20H21N5O3. The van der Waals surface area contributed by atoms with E-state index in [2.05, 4.69) is 20.7 Å². The Balaban J connectivity index is 1.78. The molecule has 1 aromatic heterocycles. The number of hydrazine groups is 1. The van der Waals surface area contributed by atoms with Crippen LogP contribution in [0.5, 0.6) is 11.6 Å². The molecule has 0 saturated heterocycles. The Kier molecular flexibility index (Phi) is 6.15. The van der Waals surface area contributed by atoms with E-state index in [1.54, 1.807) is 13.2 Å². The second-order valence-corrected chi connectivity index (χ2v) is 5.90. The molecule has 1 atom stereocenters. The molecule has 0 spiro atoms. The minimum atomic E-state index is -0.367. The Bertz CT molecular complexity index is 929. The maximum absolute atomic E-state index is 12.4. The highest BCUT2D eigenvalue weighted by Gasteiger charge is 2.14. The van der Waals surface area contributed by atoms with Gasteiger partial charge in [0.15, 0.2) is 0 Å². The normalized spacial score (nSPS) is 11.5. The maximum atomic E-state index is 12.4. The molecule has 3 aromatic rings. The number of methoxy groups -OCH3 is 2. The van der Waals surface area contributed by atoms with Crippen LogP contribution >= 0.6 is 0 Å². The molecule has 0 saturated carbocycles. The second-order valence-electron chi connectivity index (χ2n) is 5.90. The minimum absolute atomic E-state index is 0.190. The van der Waals surface area contributed by atoms with Crippen LogP contribution in [0.4, 0.5) is 5.69 Å². The van der Waals surface area contributed by atoms with Gasteiger partial charge in [-0.25, -0.2) is 15.4 Å². The number of hydrogen-bond acceptors (Lipinski definition) is 7. The molecule has 28 heavy (non-hydrogen) atoms. The molecule has 3 rings (SSSR count). The number of nitrogens with one attached hydrogen (secondary N) is 2. The Labute approximate surface area is 162 Å². The van der Waals surface area contributed by atoms with Crippen LogP contribution in [-0.2, 0) is 0 Å². The highest BCUT2D eigenvalue weighted by molar-refractivity contribution is 6.02. The average molecular weight is 379 g/mol. The number of ether oxygens (including phenoxy) is 2. The van der Waals surface area contributed by atoms with Crippen LogP contribution in [0.3, 0.4) is 0 Å². The summed E-state index contributed by atoms with van der Waals surface area (Å²) in [6, 6.07) is 14.8. The molecule has 144 valence electrons. The molecule has 0 fully saturated rings. The first-order valence-corrected chi connectivity index (χ1v) is 8.52. The molecule has 1 unspecified atom stereocenters. The standard InChI is InChI=1S/C20H21N5O3/c1-27-16-8-6-13(7-9-16)19(25-21)14-4-3-5-15(10-14)24-20(26)17-11-23-18(28-2)12-22-17/h3-12,19,25H,21H2,1-2H3,(H,24,26). The summed E-state index contributed by atoms with van der Waals surface area (Å²) in [6.07, 6.45) is 2.75. The van der Waals surface area contributed by atoms with Gasteiger partial charge in [0.25, 0.3) is 5.91 Å². The zero-order valence-corrected chi connectivity index (χ0v) is 15.5. The maximum Gasteiger partial charge on any atom is 0.275 e. The van der Waals surface area contributed by atoms with Crippen LogP contribution in [0.25, 0.3) is 0 Å². The third-order valence-corrected chi connectivity index (χ3v) is 4.16. The lowest BCUT2D eigenvalue weighted by Crippen LogP contribution is -2.28. The van der Waals surface area contributed by atoms with Gasteiger partial charge in [-0.1, -0.05) is 24.3 Å². The lowest BCUT2D eigenvalue weighted by molar-refractivity contribution is 0.102. The Morgan fingerprint density at radius 1 is 1.00 bits per heavy atom. The van der Waals surface area contributed by atoms with Crippen molar-refractivity contribution in [3.05, 3.63) is 77.7 Å². The van der Waals surface area contributed by atoms with Crippen molar-refractivity contribution in [2.45, 2.75) is 6.04 Å². The van der Waals surface area contributed by atoms with E-state index >= 15 is 0 Å². The van der Waals surface area contributed by atoms with Crippen LogP contribution < -0.4 is 26.1 Å². The van der Waals surface area contributed by atoms with Gasteiger partial charge in [0, 0.05) is 5.69 Å². The quantitative estimate of drug-likeness (QED) is 0.427. The molecule has 0 aliphatic heterocycles. The van der Waals surface area contributed by atoms with E-state index in [0.29, 0.717) is 11.6 Å². The first-order chi connectivity index (χ1) is 13.6. The monoisotopic (exact) mass is 379 g/mol. The third-order valence-electron chi connectivity index (χ3n) is 4.16. The van der Waals surface area contributed by atoms with Crippen molar-refractivity contribution in [3.63, 3.8) is 0 Å². The van der Waals surface area contributed by atoms with Crippen molar-refractivity contribution in [3.8, 4) is 11.6 Å². The Hall–Kier alpha value is -3.49. The first kappa shape index (κ1) is 19.3. The number of hydrogen-bond donors (Lipinski definition) is 3. The van der Waals surface area contributed by atoms with E-state index in [9.17, 15) is 4.79 Å². The predicted molar refractivity (Wildman–Crippen MR) is 105 cm³/mol. The Morgan fingerprint density at radius 2 is 1.79 bits per heavy atom. The van der Waals surface area contributed by atoms with Crippen LogP contribution in [0.1, 0.15) is 27.7 Å². The summed E-state index contributed by atoms with van der Waals surface area (Å²) >= 11 is 0. The number of carbonyl (C=O) groups excluding carboxylic acids is 1. The van der Waals surface area contributed by atoms with Crippen molar-refractivity contribution in [2.24, 2.45) is 5.84 Å². The fourth-order valence-corrected chi connectivity index (χ4v) is 2.71. The minimum Gasteiger partial charge on any atom is -0.497 e. The lowest BCUT2D eigenvalue weighted by Gasteiger charge is -2.18. The SMILES string of the molecule is COc1ccc(C(NN)c2cccc(NC(=O)c3cnc(OC)cn3)c2)cc1. The van der Waals surface area contributed by atoms with Crippen LogP contribution in [0.2, 0.25) is 0 Å².